The number of halogens is 3. The largest absolute Gasteiger partial charge is 0.439 e. The van der Waals surface area contributed by atoms with Crippen LogP contribution in [0.2, 0.25) is 0 Å². The van der Waals surface area contributed by atoms with Gasteiger partial charge < -0.3 is 4.42 Å². The van der Waals surface area contributed by atoms with E-state index in [1.807, 2.05) is 6.07 Å². The Morgan fingerprint density at radius 3 is 2.79 bits per heavy atom. The first-order valence-electron chi connectivity index (χ1n) is 3.66. The molecule has 0 spiro atoms. The zero-order valence-corrected chi connectivity index (χ0v) is 11.5. The van der Waals surface area contributed by atoms with Crippen LogP contribution >= 0.6 is 54.8 Å². The van der Waals surface area contributed by atoms with Crippen LogP contribution in [0.5, 0.6) is 0 Å². The van der Waals surface area contributed by atoms with E-state index in [1.54, 1.807) is 17.5 Å². The van der Waals surface area contributed by atoms with Crippen molar-refractivity contribution in [2.24, 2.45) is 0 Å². The molecule has 2 heterocycles. The molecule has 0 aliphatic carbocycles. The van der Waals surface area contributed by atoms with Gasteiger partial charge in [-0.05, 0) is 37.9 Å². The number of rotatable bonds is 2. The number of alkyl halides is 1. The summed E-state index contributed by atoms with van der Waals surface area (Å²) in [5.74, 6) is 1.56. The molecule has 2 nitrogen and oxygen atoms in total. The molecule has 0 bridgehead atoms. The summed E-state index contributed by atoms with van der Waals surface area (Å²) in [5, 5.41) is 0. The Bertz CT molecular complexity index is 454. The molecule has 0 aliphatic heterocycles. The Kier molecular flexibility index (Phi) is 3.31. The number of nitrogens with zero attached hydrogens (tertiary/aromatic N) is 1. The van der Waals surface area contributed by atoms with E-state index in [1.165, 1.54) is 0 Å². The monoisotopic (exact) mass is 355 g/mol. The van der Waals surface area contributed by atoms with Crippen molar-refractivity contribution in [1.82, 2.24) is 4.98 Å². The predicted molar refractivity (Wildman–Crippen MR) is 64.8 cm³/mol. The second-order valence-corrected chi connectivity index (χ2v) is 6.51. The average Bonchev–Trinajstić information content (AvgIpc) is 2.71. The molecule has 0 fully saturated rings. The maximum atomic E-state index is 5.60. The summed E-state index contributed by atoms with van der Waals surface area (Å²) in [6.45, 7) is 0. The van der Waals surface area contributed by atoms with Crippen molar-refractivity contribution in [1.29, 1.82) is 0 Å². The van der Waals surface area contributed by atoms with Crippen LogP contribution in [0.15, 0.2) is 24.3 Å². The van der Waals surface area contributed by atoms with Crippen molar-refractivity contribution >= 4 is 54.8 Å². The summed E-state index contributed by atoms with van der Waals surface area (Å²) in [6.07, 6.45) is 1.68. The minimum Gasteiger partial charge on any atom is -0.439 e. The molecule has 0 atom stereocenters. The zero-order chi connectivity index (χ0) is 10.1. The Morgan fingerprint density at radius 2 is 2.29 bits per heavy atom. The van der Waals surface area contributed by atoms with Gasteiger partial charge in [-0.3, -0.25) is 0 Å². The molecule has 0 radical (unpaired) electrons. The lowest BCUT2D eigenvalue weighted by atomic mass is 10.3. The van der Waals surface area contributed by atoms with Gasteiger partial charge in [-0.1, -0.05) is 0 Å². The molecule has 2 aromatic rings. The third kappa shape index (κ3) is 2.05. The van der Waals surface area contributed by atoms with Gasteiger partial charge in [0.15, 0.2) is 5.76 Å². The molecule has 6 heteroatoms. The standard InChI is InChI=1S/C8H4Br2ClNOS/c9-6-1-4(8(10)14-6)5-3-12-7(2-11)13-5/h1,3H,2H2. The smallest absolute Gasteiger partial charge is 0.209 e. The highest BCUT2D eigenvalue weighted by Crippen LogP contribution is 2.38. The van der Waals surface area contributed by atoms with Crippen LogP contribution in [0.4, 0.5) is 0 Å². The van der Waals surface area contributed by atoms with Crippen LogP contribution in [0.1, 0.15) is 5.89 Å². The van der Waals surface area contributed by atoms with E-state index in [0.29, 0.717) is 11.8 Å². The molecule has 0 N–H and O–H groups in total. The first-order chi connectivity index (χ1) is 6.70. The number of hydrogen-bond donors (Lipinski definition) is 0. The van der Waals surface area contributed by atoms with E-state index in [9.17, 15) is 0 Å². The first-order valence-corrected chi connectivity index (χ1v) is 6.60. The van der Waals surface area contributed by atoms with Crippen molar-refractivity contribution in [2.75, 3.05) is 0 Å². The quantitative estimate of drug-likeness (QED) is 0.730. The van der Waals surface area contributed by atoms with Crippen LogP contribution < -0.4 is 0 Å². The fourth-order valence-corrected chi connectivity index (χ4v) is 3.95. The molecule has 0 aromatic carbocycles. The number of thiophene rings is 1. The van der Waals surface area contributed by atoms with Crippen molar-refractivity contribution < 1.29 is 4.42 Å². The topological polar surface area (TPSA) is 26.0 Å². The highest BCUT2D eigenvalue weighted by Gasteiger charge is 2.12. The molecule has 14 heavy (non-hydrogen) atoms. The van der Waals surface area contributed by atoms with Crippen LogP contribution in [0.25, 0.3) is 11.3 Å². The van der Waals surface area contributed by atoms with E-state index in [-0.39, 0.29) is 0 Å². The van der Waals surface area contributed by atoms with Gasteiger partial charge in [0.25, 0.3) is 0 Å². The van der Waals surface area contributed by atoms with Gasteiger partial charge in [0, 0.05) is 5.56 Å². The van der Waals surface area contributed by atoms with Crippen LogP contribution in [-0.4, -0.2) is 4.98 Å². The maximum absolute atomic E-state index is 5.60. The minimum atomic E-state index is 0.295. The van der Waals surface area contributed by atoms with Gasteiger partial charge in [-0.15, -0.1) is 22.9 Å². The number of oxazole rings is 1. The van der Waals surface area contributed by atoms with Crippen LogP contribution in [-0.2, 0) is 5.88 Å². The molecular formula is C8H4Br2ClNOS. The Morgan fingerprint density at radius 1 is 1.50 bits per heavy atom. The van der Waals surface area contributed by atoms with Gasteiger partial charge in [-0.2, -0.15) is 0 Å². The lowest BCUT2D eigenvalue weighted by molar-refractivity contribution is 0.529. The number of aromatic nitrogens is 1. The van der Waals surface area contributed by atoms with Crippen LogP contribution in [0, 0.1) is 0 Å². The van der Waals surface area contributed by atoms with Gasteiger partial charge in [0.05, 0.1) is 19.6 Å². The van der Waals surface area contributed by atoms with Gasteiger partial charge in [0.1, 0.15) is 0 Å². The zero-order valence-electron chi connectivity index (χ0n) is 6.76. The molecule has 0 saturated carbocycles. The van der Waals surface area contributed by atoms with E-state index in [2.05, 4.69) is 36.8 Å². The molecule has 2 aromatic heterocycles. The summed E-state index contributed by atoms with van der Waals surface area (Å²) in [4.78, 5) is 4.03. The number of hydrogen-bond acceptors (Lipinski definition) is 3. The highest BCUT2D eigenvalue weighted by molar-refractivity contribution is 9.12. The Hall–Kier alpha value is 0.160. The summed E-state index contributed by atoms with van der Waals surface area (Å²) < 4.78 is 7.49. The van der Waals surface area contributed by atoms with E-state index in [0.717, 1.165) is 18.9 Å². The molecule has 0 saturated heterocycles. The van der Waals surface area contributed by atoms with Crippen molar-refractivity contribution in [3.63, 3.8) is 0 Å². The fraction of sp³-hybridized carbons (Fsp3) is 0.125. The lowest BCUT2D eigenvalue weighted by Gasteiger charge is -1.90. The summed E-state index contributed by atoms with van der Waals surface area (Å²) in [5.41, 5.74) is 0.991. The lowest BCUT2D eigenvalue weighted by Crippen LogP contribution is -1.71. The normalized spacial score (nSPS) is 10.8. The Labute approximate surface area is 107 Å². The fourth-order valence-electron chi connectivity index (χ4n) is 1.00. The predicted octanol–water partition coefficient (Wildman–Crippen LogP) is 4.67. The average molecular weight is 357 g/mol. The summed E-state index contributed by atoms with van der Waals surface area (Å²) in [6, 6.07) is 1.98. The van der Waals surface area contributed by atoms with E-state index < -0.39 is 0 Å². The molecule has 0 aliphatic rings. The maximum Gasteiger partial charge on any atom is 0.209 e. The van der Waals surface area contributed by atoms with E-state index in [4.69, 9.17) is 16.0 Å². The van der Waals surface area contributed by atoms with Crippen molar-refractivity contribution in [3.8, 4) is 11.3 Å². The third-order valence-electron chi connectivity index (χ3n) is 1.59. The second kappa shape index (κ2) is 4.35. The van der Waals surface area contributed by atoms with Gasteiger partial charge in [0.2, 0.25) is 5.89 Å². The van der Waals surface area contributed by atoms with Gasteiger partial charge >= 0.3 is 0 Å². The van der Waals surface area contributed by atoms with Crippen molar-refractivity contribution in [3.05, 3.63) is 25.7 Å². The minimum absolute atomic E-state index is 0.295. The van der Waals surface area contributed by atoms with Gasteiger partial charge in [-0.25, -0.2) is 4.98 Å². The first kappa shape index (κ1) is 10.7. The van der Waals surface area contributed by atoms with E-state index >= 15 is 0 Å². The highest BCUT2D eigenvalue weighted by atomic mass is 79.9. The Balaban J connectivity index is 2.43. The van der Waals surface area contributed by atoms with Crippen LogP contribution in [0.3, 0.4) is 0 Å². The summed E-state index contributed by atoms with van der Waals surface area (Å²) >= 11 is 14.0. The van der Waals surface area contributed by atoms with Crippen molar-refractivity contribution in [2.45, 2.75) is 5.88 Å². The molecule has 0 amide bonds. The molecular weight excluding hydrogens is 353 g/mol. The molecule has 0 unspecified atom stereocenters. The SMILES string of the molecule is ClCc1ncc(-c2cc(Br)sc2Br)o1. The summed E-state index contributed by atoms with van der Waals surface area (Å²) in [7, 11) is 0. The molecule has 2 rings (SSSR count). The second-order valence-electron chi connectivity index (χ2n) is 2.49. The molecule has 74 valence electrons. The third-order valence-corrected chi connectivity index (χ3v) is 4.16.